The smallest absolute Gasteiger partial charge is 0.338 e. The molecule has 0 spiro atoms. The van der Waals surface area contributed by atoms with Gasteiger partial charge in [-0.25, -0.2) is 9.59 Å². The largest absolute Gasteiger partial charge is 0.459 e. The van der Waals surface area contributed by atoms with Crippen LogP contribution in [0.5, 0.6) is 0 Å². The highest BCUT2D eigenvalue weighted by molar-refractivity contribution is 5.89. The first-order valence-electron chi connectivity index (χ1n) is 25.9. The Morgan fingerprint density at radius 2 is 1.34 bits per heavy atom. The standard InChI is InChI=1S/C54H74O19/c1-27(67-51-46(41(59)38(56)36(25-55)70-51)72-48(63)30-14-10-7-11-15-30)33-20-23-54(64)35-17-16-31-24-32(18-21-52(31,3)34(35)19-22-53(33,54)4)69-50-43(61)45(65-5)44(28(2)68-50)73-49-42(60)40(58)39(57)37(71-49)26-66-47(62)29-12-8-6-9-13-29/h6-16,27-28,32-46,49-51,55-61,64H,17-26H2,1-5H3. The van der Waals surface area contributed by atoms with Crippen molar-refractivity contribution in [1.29, 1.82) is 0 Å². The highest BCUT2D eigenvalue weighted by Gasteiger charge is 2.67. The number of ether oxygens (including phenoxy) is 9. The predicted octanol–water partition coefficient (Wildman–Crippen LogP) is 2.31. The third-order valence-electron chi connectivity index (χ3n) is 18.0. The van der Waals surface area contributed by atoms with E-state index in [1.165, 1.54) is 12.7 Å². The highest BCUT2D eigenvalue weighted by atomic mass is 16.8. The summed E-state index contributed by atoms with van der Waals surface area (Å²) >= 11 is 0. The van der Waals surface area contributed by atoms with Crippen molar-refractivity contribution in [2.45, 2.75) is 189 Å². The summed E-state index contributed by atoms with van der Waals surface area (Å²) < 4.78 is 54.2. The quantitative estimate of drug-likeness (QED) is 0.0996. The first-order chi connectivity index (χ1) is 34.8. The fraction of sp³-hybridized carbons (Fsp3) is 0.704. The molecular formula is C54H74O19. The van der Waals surface area contributed by atoms with Gasteiger partial charge in [0.1, 0.15) is 67.6 Å². The number of fused-ring (bicyclic) bond motifs is 5. The Morgan fingerprint density at radius 1 is 0.699 bits per heavy atom. The molecule has 73 heavy (non-hydrogen) atoms. The van der Waals surface area contributed by atoms with Gasteiger partial charge in [-0.1, -0.05) is 61.9 Å². The van der Waals surface area contributed by atoms with Crippen molar-refractivity contribution in [3.8, 4) is 0 Å². The molecule has 19 heteroatoms. The minimum Gasteiger partial charge on any atom is -0.459 e. The highest BCUT2D eigenvalue weighted by Crippen LogP contribution is 2.68. The lowest BCUT2D eigenvalue weighted by molar-refractivity contribution is -0.361. The van der Waals surface area contributed by atoms with Crippen molar-refractivity contribution in [3.05, 3.63) is 83.4 Å². The summed E-state index contributed by atoms with van der Waals surface area (Å²) in [6.07, 6.45) is -13.3. The maximum atomic E-state index is 13.2. The lowest BCUT2D eigenvalue weighted by Crippen LogP contribution is -2.64. The second-order valence-electron chi connectivity index (χ2n) is 21.9. The van der Waals surface area contributed by atoms with Crippen LogP contribution in [0.15, 0.2) is 72.3 Å². The molecule has 23 atom stereocenters. The van der Waals surface area contributed by atoms with E-state index in [2.05, 4.69) is 19.9 Å². The van der Waals surface area contributed by atoms with Crippen molar-refractivity contribution in [2.75, 3.05) is 20.3 Å². The number of aliphatic hydroxyl groups is 8. The summed E-state index contributed by atoms with van der Waals surface area (Å²) in [6, 6.07) is 16.5. The monoisotopic (exact) mass is 1030 g/mol. The molecule has 2 aromatic carbocycles. The Morgan fingerprint density at radius 3 is 2.01 bits per heavy atom. The van der Waals surface area contributed by atoms with Crippen LogP contribution in [0, 0.1) is 28.6 Å². The van der Waals surface area contributed by atoms with E-state index in [1.807, 2.05) is 6.92 Å². The van der Waals surface area contributed by atoms with Crippen molar-refractivity contribution in [3.63, 3.8) is 0 Å². The van der Waals surface area contributed by atoms with E-state index >= 15 is 0 Å². The molecule has 6 fully saturated rings. The first kappa shape index (κ1) is 54.3. The van der Waals surface area contributed by atoms with Crippen molar-refractivity contribution in [1.82, 2.24) is 0 Å². The first-order valence-corrected chi connectivity index (χ1v) is 25.9. The summed E-state index contributed by atoms with van der Waals surface area (Å²) in [5.74, 6) is -1.42. The molecule has 3 heterocycles. The molecule has 0 amide bonds. The minimum atomic E-state index is -1.71. The SMILES string of the molecule is COC1C(O)C(OC2CCC3(C)C(=CCC4C3CCC3(C)C(C(C)OC5OC(CO)C(O)C(O)C5OC(=O)c5ccccc5)CCC43O)C2)OC(C)C1OC1OC(COC(=O)c2ccccc2)C(O)C(O)C1O. The molecule has 23 unspecified atom stereocenters. The van der Waals surface area contributed by atoms with Gasteiger partial charge in [0.15, 0.2) is 25.0 Å². The number of aliphatic hydroxyl groups excluding tert-OH is 7. The van der Waals surface area contributed by atoms with Crippen LogP contribution in [-0.4, -0.2) is 183 Å². The fourth-order valence-corrected chi connectivity index (χ4v) is 13.8. The number of carbonyl (C=O) groups excluding carboxylic acids is 2. The minimum absolute atomic E-state index is 0.0460. The molecule has 4 aliphatic carbocycles. The zero-order valence-corrected chi connectivity index (χ0v) is 42.0. The number of hydrogen-bond acceptors (Lipinski definition) is 19. The molecular weight excluding hydrogens is 953 g/mol. The van der Waals surface area contributed by atoms with Crippen LogP contribution in [0.1, 0.15) is 99.8 Å². The maximum Gasteiger partial charge on any atom is 0.338 e. The van der Waals surface area contributed by atoms with Gasteiger partial charge in [0.2, 0.25) is 0 Å². The van der Waals surface area contributed by atoms with Crippen LogP contribution in [-0.2, 0) is 42.6 Å². The van der Waals surface area contributed by atoms with Crippen LogP contribution >= 0.6 is 0 Å². The second-order valence-corrected chi connectivity index (χ2v) is 21.9. The summed E-state index contributed by atoms with van der Waals surface area (Å²) in [4.78, 5) is 25.8. The lowest BCUT2D eigenvalue weighted by atomic mass is 9.45. The number of esters is 2. The third kappa shape index (κ3) is 10.1. The summed E-state index contributed by atoms with van der Waals surface area (Å²) in [5, 5.41) is 89.1. The summed E-state index contributed by atoms with van der Waals surface area (Å²) in [5.41, 5.74) is -0.0706. The van der Waals surface area contributed by atoms with Gasteiger partial charge in [0.25, 0.3) is 0 Å². The van der Waals surface area contributed by atoms with E-state index in [-0.39, 0.29) is 40.4 Å². The average molecular weight is 1030 g/mol. The Hall–Kier alpha value is -3.48. The van der Waals surface area contributed by atoms with Crippen LogP contribution in [0.3, 0.4) is 0 Å². The lowest BCUT2D eigenvalue weighted by Gasteiger charge is -2.61. The molecule has 3 aliphatic heterocycles. The Bertz CT molecular complexity index is 2240. The number of methoxy groups -OCH3 is 1. The van der Waals surface area contributed by atoms with E-state index in [9.17, 15) is 50.4 Å². The Labute approximate surface area is 425 Å². The molecule has 0 bridgehead atoms. The average Bonchev–Trinajstić information content (AvgIpc) is 3.68. The molecule has 3 saturated carbocycles. The molecule has 0 aromatic heterocycles. The molecule has 3 saturated heterocycles. The molecule has 0 radical (unpaired) electrons. The molecule has 19 nitrogen and oxygen atoms in total. The van der Waals surface area contributed by atoms with E-state index < -0.39 is 134 Å². The van der Waals surface area contributed by atoms with Gasteiger partial charge in [0, 0.05) is 12.5 Å². The van der Waals surface area contributed by atoms with Gasteiger partial charge in [-0.05, 0) is 113 Å². The van der Waals surface area contributed by atoms with Gasteiger partial charge >= 0.3 is 11.9 Å². The van der Waals surface area contributed by atoms with Crippen molar-refractivity contribution >= 4 is 11.9 Å². The third-order valence-corrected chi connectivity index (χ3v) is 18.0. The number of carbonyl (C=O) groups is 2. The number of benzene rings is 2. The number of allylic oxidation sites excluding steroid dienone is 1. The second kappa shape index (κ2) is 21.9. The van der Waals surface area contributed by atoms with Gasteiger partial charge < -0.3 is 83.5 Å². The van der Waals surface area contributed by atoms with Crippen molar-refractivity contribution in [2.24, 2.45) is 28.6 Å². The van der Waals surface area contributed by atoms with Crippen LogP contribution in [0.4, 0.5) is 0 Å². The fourth-order valence-electron chi connectivity index (χ4n) is 13.8. The Balaban J connectivity index is 0.823. The van der Waals surface area contributed by atoms with Gasteiger partial charge in [-0.15, -0.1) is 0 Å². The van der Waals surface area contributed by atoms with Gasteiger partial charge in [-0.2, -0.15) is 0 Å². The van der Waals surface area contributed by atoms with Crippen LogP contribution < -0.4 is 0 Å². The number of rotatable bonds is 14. The molecule has 8 N–H and O–H groups in total. The van der Waals surface area contributed by atoms with E-state index in [0.29, 0.717) is 32.1 Å². The summed E-state index contributed by atoms with van der Waals surface area (Å²) in [6.45, 7) is 6.98. The number of hydrogen-bond donors (Lipinski definition) is 8. The Kier molecular flexibility index (Phi) is 16.3. The molecule has 404 valence electrons. The van der Waals surface area contributed by atoms with Crippen LogP contribution in [0.2, 0.25) is 0 Å². The molecule has 2 aromatic rings. The van der Waals surface area contributed by atoms with E-state index in [1.54, 1.807) is 67.6 Å². The van der Waals surface area contributed by atoms with Gasteiger partial charge in [0.05, 0.1) is 41.6 Å². The van der Waals surface area contributed by atoms with E-state index in [4.69, 9.17) is 42.6 Å². The topological polar surface area (TPSA) is 279 Å². The van der Waals surface area contributed by atoms with Crippen molar-refractivity contribution < 1.29 is 93.1 Å². The summed E-state index contributed by atoms with van der Waals surface area (Å²) in [7, 11) is 1.40. The molecule has 7 aliphatic rings. The maximum absolute atomic E-state index is 13.2. The van der Waals surface area contributed by atoms with E-state index in [0.717, 1.165) is 19.3 Å². The molecule has 9 rings (SSSR count). The predicted molar refractivity (Wildman–Crippen MR) is 255 cm³/mol. The van der Waals surface area contributed by atoms with Gasteiger partial charge in [-0.3, -0.25) is 0 Å². The zero-order valence-electron chi connectivity index (χ0n) is 42.0. The van der Waals surface area contributed by atoms with Crippen LogP contribution in [0.25, 0.3) is 0 Å². The zero-order chi connectivity index (χ0) is 52.1. The normalized spacial score (nSPS) is 44.9.